The van der Waals surface area contributed by atoms with Crippen LogP contribution in [0.25, 0.3) is 5.57 Å². The van der Waals surface area contributed by atoms with Gasteiger partial charge in [-0.05, 0) is 36.8 Å². The summed E-state index contributed by atoms with van der Waals surface area (Å²) in [4.78, 5) is 26.9. The Hall–Kier alpha value is -2.76. The summed E-state index contributed by atoms with van der Waals surface area (Å²) in [6, 6.07) is 9.58. The Morgan fingerprint density at radius 3 is 2.33 bits per heavy atom. The molecule has 1 saturated heterocycles. The Kier molecular flexibility index (Phi) is 4.64. The number of H-pyrrole nitrogens is 1. The van der Waals surface area contributed by atoms with Crippen LogP contribution in [0.1, 0.15) is 60.4 Å². The smallest absolute Gasteiger partial charge is 0.263 e. The normalized spacial score (nSPS) is 20.2. The van der Waals surface area contributed by atoms with E-state index in [2.05, 4.69) is 10.3 Å². The summed E-state index contributed by atoms with van der Waals surface area (Å²) in [5, 5.41) is 2.88. The summed E-state index contributed by atoms with van der Waals surface area (Å²) in [5.74, 6) is 0.330. The Balaban J connectivity index is 1.73. The van der Waals surface area contributed by atoms with E-state index < -0.39 is 6.43 Å². The predicted octanol–water partition coefficient (Wildman–Crippen LogP) is 3.90. The van der Waals surface area contributed by atoms with E-state index in [0.717, 1.165) is 29.5 Å². The van der Waals surface area contributed by atoms with Crippen molar-refractivity contribution in [3.63, 3.8) is 0 Å². The van der Waals surface area contributed by atoms with Gasteiger partial charge in [-0.15, -0.1) is 0 Å². The number of carbonyl (C=O) groups is 1. The molecule has 1 atom stereocenters. The second-order valence-electron chi connectivity index (χ2n) is 7.15. The molecule has 6 heteroatoms. The number of hydrogen-bond donors (Lipinski definition) is 2. The first-order chi connectivity index (χ1) is 13.0. The SMILES string of the molecule is O=C1CC[C@H](C=C(c2ccc(C(F)F)cc2)c2ccc(C3CC3)c(=O)[nH]2)N1. The van der Waals surface area contributed by atoms with Crippen LogP contribution in [0.15, 0.2) is 47.3 Å². The van der Waals surface area contributed by atoms with E-state index >= 15 is 0 Å². The molecule has 27 heavy (non-hydrogen) atoms. The van der Waals surface area contributed by atoms with E-state index in [1.165, 1.54) is 12.1 Å². The van der Waals surface area contributed by atoms with Gasteiger partial charge >= 0.3 is 0 Å². The van der Waals surface area contributed by atoms with Crippen molar-refractivity contribution >= 4 is 11.5 Å². The number of aromatic nitrogens is 1. The minimum atomic E-state index is -2.53. The molecule has 2 heterocycles. The second kappa shape index (κ2) is 7.10. The molecule has 2 N–H and O–H groups in total. The monoisotopic (exact) mass is 370 g/mol. The minimum absolute atomic E-state index is 0.0128. The lowest BCUT2D eigenvalue weighted by Crippen LogP contribution is -2.23. The highest BCUT2D eigenvalue weighted by Gasteiger charge is 2.26. The average molecular weight is 370 g/mol. The van der Waals surface area contributed by atoms with Crippen molar-refractivity contribution in [2.45, 2.75) is 44.1 Å². The number of aromatic amines is 1. The molecule has 2 aromatic rings. The minimum Gasteiger partial charge on any atom is -0.350 e. The highest BCUT2D eigenvalue weighted by molar-refractivity contribution is 5.82. The van der Waals surface area contributed by atoms with Crippen LogP contribution in [-0.4, -0.2) is 16.9 Å². The molecule has 2 aliphatic rings. The van der Waals surface area contributed by atoms with Gasteiger partial charge in [0, 0.05) is 34.9 Å². The van der Waals surface area contributed by atoms with Crippen molar-refractivity contribution in [3.05, 3.63) is 75.2 Å². The van der Waals surface area contributed by atoms with Crippen LogP contribution < -0.4 is 10.9 Å². The third-order valence-corrected chi connectivity index (χ3v) is 5.12. The molecule has 2 fully saturated rings. The average Bonchev–Trinajstić information content (AvgIpc) is 3.41. The Morgan fingerprint density at radius 1 is 1.04 bits per heavy atom. The van der Waals surface area contributed by atoms with Gasteiger partial charge < -0.3 is 10.3 Å². The number of halogens is 2. The fourth-order valence-corrected chi connectivity index (χ4v) is 3.47. The summed E-state index contributed by atoms with van der Waals surface area (Å²) in [6.45, 7) is 0. The standard InChI is InChI=1S/C21H20F2N2O2/c22-20(23)14-5-3-13(4-6-14)17(11-15-7-10-19(26)24-15)18-9-8-16(12-1-2-12)21(27)25-18/h3-6,8-9,11-12,15,20H,1-2,7,10H2,(H,24,26)(H,25,27)/t15-/m1/s1. The van der Waals surface area contributed by atoms with Gasteiger partial charge in [0.05, 0.1) is 0 Å². The zero-order valence-corrected chi connectivity index (χ0v) is 14.7. The van der Waals surface area contributed by atoms with Crippen LogP contribution >= 0.6 is 0 Å². The van der Waals surface area contributed by atoms with E-state index in [9.17, 15) is 18.4 Å². The van der Waals surface area contributed by atoms with Crippen LogP contribution in [0.4, 0.5) is 8.78 Å². The number of pyridine rings is 1. The first-order valence-electron chi connectivity index (χ1n) is 9.14. The number of hydrogen-bond acceptors (Lipinski definition) is 2. The topological polar surface area (TPSA) is 62.0 Å². The molecule has 1 aliphatic carbocycles. The maximum Gasteiger partial charge on any atom is 0.263 e. The van der Waals surface area contributed by atoms with E-state index in [1.807, 2.05) is 18.2 Å². The van der Waals surface area contributed by atoms with Crippen LogP contribution in [0.5, 0.6) is 0 Å². The van der Waals surface area contributed by atoms with Crippen molar-refractivity contribution < 1.29 is 13.6 Å². The zero-order valence-electron chi connectivity index (χ0n) is 14.7. The van der Waals surface area contributed by atoms with Gasteiger partial charge in [-0.3, -0.25) is 9.59 Å². The second-order valence-corrected chi connectivity index (χ2v) is 7.15. The number of amides is 1. The van der Waals surface area contributed by atoms with Gasteiger partial charge in [-0.25, -0.2) is 8.78 Å². The van der Waals surface area contributed by atoms with Crippen molar-refractivity contribution in [2.24, 2.45) is 0 Å². The molecule has 1 saturated carbocycles. The van der Waals surface area contributed by atoms with Gasteiger partial charge in [0.25, 0.3) is 12.0 Å². The number of nitrogens with one attached hydrogen (secondary N) is 2. The molecule has 0 radical (unpaired) electrons. The quantitative estimate of drug-likeness (QED) is 0.839. The zero-order chi connectivity index (χ0) is 19.0. The summed E-state index contributed by atoms with van der Waals surface area (Å²) < 4.78 is 25.7. The molecule has 4 rings (SSSR count). The van der Waals surface area contributed by atoms with Crippen molar-refractivity contribution in [2.75, 3.05) is 0 Å². The number of benzene rings is 1. The van der Waals surface area contributed by atoms with Crippen molar-refractivity contribution in [1.29, 1.82) is 0 Å². The maximum absolute atomic E-state index is 12.9. The van der Waals surface area contributed by atoms with Gasteiger partial charge in [0.1, 0.15) is 0 Å². The Morgan fingerprint density at radius 2 is 1.78 bits per heavy atom. The fourth-order valence-electron chi connectivity index (χ4n) is 3.47. The largest absolute Gasteiger partial charge is 0.350 e. The molecule has 1 aliphatic heterocycles. The van der Waals surface area contributed by atoms with Crippen LogP contribution in [-0.2, 0) is 4.79 Å². The van der Waals surface area contributed by atoms with Gasteiger partial charge in [-0.2, -0.15) is 0 Å². The summed E-state index contributed by atoms with van der Waals surface area (Å²) in [7, 11) is 0. The number of carbonyl (C=O) groups excluding carboxylic acids is 1. The molecule has 1 aromatic carbocycles. The van der Waals surface area contributed by atoms with Crippen molar-refractivity contribution in [3.8, 4) is 0 Å². The summed E-state index contributed by atoms with van der Waals surface area (Å²) in [6.07, 6.45) is 2.56. The lowest BCUT2D eigenvalue weighted by atomic mass is 9.97. The van der Waals surface area contributed by atoms with Gasteiger partial charge in [0.15, 0.2) is 0 Å². The predicted molar refractivity (Wildman–Crippen MR) is 98.7 cm³/mol. The van der Waals surface area contributed by atoms with E-state index in [0.29, 0.717) is 24.5 Å². The lowest BCUT2D eigenvalue weighted by molar-refractivity contribution is -0.119. The first kappa shape index (κ1) is 17.6. The third-order valence-electron chi connectivity index (χ3n) is 5.12. The molecule has 1 aromatic heterocycles. The summed E-state index contributed by atoms with van der Waals surface area (Å²) >= 11 is 0. The molecule has 0 bridgehead atoms. The first-order valence-corrected chi connectivity index (χ1v) is 9.14. The molecule has 140 valence electrons. The molecular weight excluding hydrogens is 350 g/mol. The number of rotatable bonds is 5. The molecule has 4 nitrogen and oxygen atoms in total. The molecule has 0 spiro atoms. The van der Waals surface area contributed by atoms with E-state index in [-0.39, 0.29) is 23.1 Å². The Labute approximate surface area is 155 Å². The van der Waals surface area contributed by atoms with Gasteiger partial charge in [-0.1, -0.05) is 36.4 Å². The maximum atomic E-state index is 12.9. The highest BCUT2D eigenvalue weighted by Crippen LogP contribution is 2.38. The van der Waals surface area contributed by atoms with Crippen molar-refractivity contribution in [1.82, 2.24) is 10.3 Å². The molecular formula is C21H20F2N2O2. The third kappa shape index (κ3) is 3.84. The fraction of sp³-hybridized carbons (Fsp3) is 0.333. The van der Waals surface area contributed by atoms with Gasteiger partial charge in [0.2, 0.25) is 5.91 Å². The van der Waals surface area contributed by atoms with E-state index in [1.54, 1.807) is 12.1 Å². The number of alkyl halides is 2. The van der Waals surface area contributed by atoms with Crippen LogP contribution in [0.2, 0.25) is 0 Å². The summed E-state index contributed by atoms with van der Waals surface area (Å²) in [5.41, 5.74) is 2.69. The lowest BCUT2D eigenvalue weighted by Gasteiger charge is -2.13. The Bertz CT molecular complexity index is 943. The van der Waals surface area contributed by atoms with E-state index in [4.69, 9.17) is 0 Å². The van der Waals surface area contributed by atoms with Crippen LogP contribution in [0, 0.1) is 0 Å². The molecule has 1 amide bonds. The molecule has 0 unspecified atom stereocenters. The highest BCUT2D eigenvalue weighted by atomic mass is 19.3. The van der Waals surface area contributed by atoms with Crippen LogP contribution in [0.3, 0.4) is 0 Å².